The van der Waals surface area contributed by atoms with Gasteiger partial charge in [0.25, 0.3) is 0 Å². The minimum atomic E-state index is -1.36. The van der Waals surface area contributed by atoms with Crippen LogP contribution in [0.3, 0.4) is 0 Å². The van der Waals surface area contributed by atoms with Crippen LogP contribution in [0, 0.1) is 17.5 Å². The Morgan fingerprint density at radius 3 is 2.08 bits per heavy atom. The van der Waals surface area contributed by atoms with Crippen molar-refractivity contribution in [2.24, 2.45) is 0 Å². The first-order valence-corrected chi connectivity index (χ1v) is 5.98. The van der Waals surface area contributed by atoms with Crippen molar-refractivity contribution >= 4 is 14.0 Å². The molecular formula is C8H8F3Si. The van der Waals surface area contributed by atoms with Gasteiger partial charge in [0.15, 0.2) is 17.5 Å². The lowest BCUT2D eigenvalue weighted by molar-refractivity contribution is 0.450. The molecule has 0 nitrogen and oxygen atoms in total. The second-order valence-corrected chi connectivity index (χ2v) is 5.26. The number of benzene rings is 1. The minimum Gasteiger partial charge on any atom is -0.204 e. The van der Waals surface area contributed by atoms with Gasteiger partial charge in [0.2, 0.25) is 0 Å². The predicted molar refractivity (Wildman–Crippen MR) is 43.4 cm³/mol. The molecule has 12 heavy (non-hydrogen) atoms. The van der Waals surface area contributed by atoms with Gasteiger partial charge in [-0.25, -0.2) is 13.2 Å². The highest BCUT2D eigenvalue weighted by atomic mass is 28.3. The first-order valence-electron chi connectivity index (χ1n) is 3.48. The van der Waals surface area contributed by atoms with Crippen molar-refractivity contribution in [1.29, 1.82) is 0 Å². The molecule has 0 fully saturated rings. The van der Waals surface area contributed by atoms with Crippen LogP contribution in [0.2, 0.25) is 13.1 Å². The van der Waals surface area contributed by atoms with Crippen LogP contribution in [-0.2, 0) is 0 Å². The van der Waals surface area contributed by atoms with Crippen molar-refractivity contribution in [3.05, 3.63) is 29.6 Å². The number of hydrogen-bond acceptors (Lipinski definition) is 0. The summed E-state index contributed by atoms with van der Waals surface area (Å²) in [5.74, 6) is -3.52. The standard InChI is InChI=1S/C8H8F3Si/c1-12(2)6-4-3-5(9)7(10)8(6)11/h3-4H,1-2H3. The van der Waals surface area contributed by atoms with E-state index in [9.17, 15) is 13.2 Å². The molecule has 0 heterocycles. The van der Waals surface area contributed by atoms with Gasteiger partial charge in [-0.3, -0.25) is 0 Å². The van der Waals surface area contributed by atoms with E-state index in [0.717, 1.165) is 6.07 Å². The molecule has 0 aromatic heterocycles. The summed E-state index contributed by atoms with van der Waals surface area (Å²) in [6.45, 7) is 3.64. The summed E-state index contributed by atoms with van der Waals surface area (Å²) in [4.78, 5) is 0. The van der Waals surface area contributed by atoms with Crippen LogP contribution in [0.4, 0.5) is 13.2 Å². The second-order valence-electron chi connectivity index (χ2n) is 2.72. The fraction of sp³-hybridized carbons (Fsp3) is 0.250. The molecule has 0 N–H and O–H groups in total. The Bertz CT molecular complexity index is 297. The zero-order valence-corrected chi connectivity index (χ0v) is 7.79. The Hall–Kier alpha value is -0.773. The fourth-order valence-electron chi connectivity index (χ4n) is 0.912. The Kier molecular flexibility index (Phi) is 2.57. The topological polar surface area (TPSA) is 0 Å². The van der Waals surface area contributed by atoms with E-state index in [-0.39, 0.29) is 0 Å². The molecule has 0 saturated carbocycles. The highest BCUT2D eigenvalue weighted by molar-refractivity contribution is 6.70. The van der Waals surface area contributed by atoms with Gasteiger partial charge >= 0.3 is 0 Å². The van der Waals surface area contributed by atoms with E-state index in [0.29, 0.717) is 5.19 Å². The Morgan fingerprint density at radius 1 is 1.00 bits per heavy atom. The van der Waals surface area contributed by atoms with Gasteiger partial charge in [0, 0.05) is 0 Å². The van der Waals surface area contributed by atoms with Crippen molar-refractivity contribution in [2.45, 2.75) is 13.1 Å². The van der Waals surface area contributed by atoms with E-state index in [1.165, 1.54) is 6.07 Å². The van der Waals surface area contributed by atoms with Crippen molar-refractivity contribution < 1.29 is 13.2 Å². The summed E-state index contributed by atoms with van der Waals surface area (Å²) in [7, 11) is -1.06. The number of hydrogen-bond donors (Lipinski definition) is 0. The zero-order valence-electron chi connectivity index (χ0n) is 6.79. The van der Waals surface area contributed by atoms with Crippen LogP contribution in [0.1, 0.15) is 0 Å². The van der Waals surface area contributed by atoms with Gasteiger partial charge in [0.1, 0.15) is 0 Å². The highest BCUT2D eigenvalue weighted by Crippen LogP contribution is 2.08. The van der Waals surface area contributed by atoms with Crippen LogP contribution < -0.4 is 5.19 Å². The van der Waals surface area contributed by atoms with Crippen molar-refractivity contribution in [3.8, 4) is 0 Å². The largest absolute Gasteiger partial charge is 0.204 e. The van der Waals surface area contributed by atoms with Crippen LogP contribution in [-0.4, -0.2) is 8.80 Å². The maximum Gasteiger partial charge on any atom is 0.194 e. The molecule has 0 atom stereocenters. The summed E-state index contributed by atoms with van der Waals surface area (Å²) in [6.07, 6.45) is 0. The first-order chi connectivity index (χ1) is 5.54. The third-order valence-electron chi connectivity index (χ3n) is 1.57. The monoisotopic (exact) mass is 189 g/mol. The minimum absolute atomic E-state index is 0.305. The maximum atomic E-state index is 12.9. The Labute approximate surface area is 70.6 Å². The SMILES string of the molecule is C[Si](C)c1ccc(F)c(F)c1F. The van der Waals surface area contributed by atoms with E-state index in [1.54, 1.807) is 0 Å². The molecule has 65 valence electrons. The molecule has 0 amide bonds. The molecule has 0 bridgehead atoms. The van der Waals surface area contributed by atoms with Gasteiger partial charge in [-0.1, -0.05) is 19.2 Å². The smallest absolute Gasteiger partial charge is 0.194 e. The first kappa shape index (κ1) is 9.32. The molecule has 0 spiro atoms. The van der Waals surface area contributed by atoms with Crippen LogP contribution in [0.5, 0.6) is 0 Å². The lowest BCUT2D eigenvalue weighted by atomic mass is 10.3. The van der Waals surface area contributed by atoms with Gasteiger partial charge in [-0.15, -0.1) is 0 Å². The lowest BCUT2D eigenvalue weighted by Crippen LogP contribution is -2.27. The lowest BCUT2D eigenvalue weighted by Gasteiger charge is -2.05. The van der Waals surface area contributed by atoms with Crippen molar-refractivity contribution in [3.63, 3.8) is 0 Å². The average molecular weight is 189 g/mol. The zero-order chi connectivity index (χ0) is 9.30. The summed E-state index contributed by atoms with van der Waals surface area (Å²) in [5.41, 5.74) is 0. The quantitative estimate of drug-likeness (QED) is 0.468. The van der Waals surface area contributed by atoms with Gasteiger partial charge in [-0.2, -0.15) is 0 Å². The molecule has 0 unspecified atom stereocenters. The summed E-state index contributed by atoms with van der Waals surface area (Å²) < 4.78 is 38.0. The molecule has 4 heteroatoms. The number of halogens is 3. The van der Waals surface area contributed by atoms with Crippen LogP contribution in [0.15, 0.2) is 12.1 Å². The molecule has 1 radical (unpaired) electrons. The van der Waals surface area contributed by atoms with Crippen molar-refractivity contribution in [2.75, 3.05) is 0 Å². The molecule has 1 rings (SSSR count). The summed E-state index contributed by atoms with van der Waals surface area (Å²) in [6, 6.07) is 2.27. The predicted octanol–water partition coefficient (Wildman–Crippen LogP) is 2.07. The average Bonchev–Trinajstić information content (AvgIpc) is 2.00. The normalized spacial score (nSPS) is 10.8. The fourth-order valence-corrected chi connectivity index (χ4v) is 1.88. The molecule has 1 aromatic rings. The molecule has 0 aliphatic heterocycles. The molecule has 0 saturated heterocycles. The van der Waals surface area contributed by atoms with Gasteiger partial charge in [-0.05, 0) is 11.3 Å². The third-order valence-corrected chi connectivity index (χ3v) is 3.04. The maximum absolute atomic E-state index is 12.9. The second kappa shape index (κ2) is 3.31. The molecular weight excluding hydrogens is 181 g/mol. The van der Waals surface area contributed by atoms with Crippen LogP contribution in [0.25, 0.3) is 0 Å². The third kappa shape index (κ3) is 1.53. The van der Waals surface area contributed by atoms with Gasteiger partial charge < -0.3 is 0 Å². The van der Waals surface area contributed by atoms with Crippen LogP contribution >= 0.6 is 0 Å². The Balaban J connectivity index is 3.27. The number of rotatable bonds is 1. The van der Waals surface area contributed by atoms with E-state index in [2.05, 4.69) is 0 Å². The summed E-state index contributed by atoms with van der Waals surface area (Å²) in [5, 5.41) is 0.305. The van der Waals surface area contributed by atoms with Gasteiger partial charge in [0.05, 0.1) is 8.80 Å². The van der Waals surface area contributed by atoms with E-state index in [1.807, 2.05) is 13.1 Å². The molecule has 0 aliphatic carbocycles. The summed E-state index contributed by atoms with van der Waals surface area (Å²) >= 11 is 0. The molecule has 1 aromatic carbocycles. The van der Waals surface area contributed by atoms with Crippen molar-refractivity contribution in [1.82, 2.24) is 0 Å². The Morgan fingerprint density at radius 2 is 1.58 bits per heavy atom. The van der Waals surface area contributed by atoms with E-state index in [4.69, 9.17) is 0 Å². The van der Waals surface area contributed by atoms with E-state index >= 15 is 0 Å². The highest BCUT2D eigenvalue weighted by Gasteiger charge is 2.15. The van der Waals surface area contributed by atoms with E-state index < -0.39 is 26.2 Å². The molecule has 0 aliphatic rings.